The van der Waals surface area contributed by atoms with E-state index in [1.54, 1.807) is 78.1 Å². The zero-order chi connectivity index (χ0) is 26.1. The summed E-state index contributed by atoms with van der Waals surface area (Å²) in [5, 5.41) is 3.60. The van der Waals surface area contributed by atoms with E-state index in [-0.39, 0.29) is 5.78 Å². The number of hydrogen-bond acceptors (Lipinski definition) is 7. The van der Waals surface area contributed by atoms with Crippen LogP contribution >= 0.6 is 11.6 Å². The molecule has 0 spiro atoms. The predicted molar refractivity (Wildman–Crippen MR) is 143 cm³/mol. The first kappa shape index (κ1) is 26.5. The van der Waals surface area contributed by atoms with Crippen molar-refractivity contribution in [2.24, 2.45) is 0 Å². The topological polar surface area (TPSA) is 75.3 Å². The van der Waals surface area contributed by atoms with Gasteiger partial charge >= 0.3 is 0 Å². The average molecular weight is 510 g/mol. The molecule has 36 heavy (non-hydrogen) atoms. The third-order valence-corrected chi connectivity index (χ3v) is 5.59. The number of ether oxygens (including phenoxy) is 5. The predicted octanol–water partition coefficient (Wildman–Crippen LogP) is 6.36. The first-order chi connectivity index (χ1) is 17.4. The summed E-state index contributed by atoms with van der Waals surface area (Å²) in [6.07, 6.45) is 6.79. The molecule has 0 aliphatic heterocycles. The second-order valence-electron chi connectivity index (χ2n) is 7.44. The van der Waals surface area contributed by atoms with Crippen molar-refractivity contribution in [3.8, 4) is 28.7 Å². The van der Waals surface area contributed by atoms with Crippen LogP contribution in [0.4, 0.5) is 5.69 Å². The monoisotopic (exact) mass is 509 g/mol. The standard InChI is InChI=1S/C28H28ClNO6/c1-32-21-8-6-7-20(15-21)24(31)11-12-30-23-17-25(33-2)22(29)16-19(23)10-9-18-13-26(34-3)28(36-5)27(14-18)35-4/h6-17,30H,1-5H3. The first-order valence-electron chi connectivity index (χ1n) is 10.9. The van der Waals surface area contributed by atoms with Gasteiger partial charge in [0.25, 0.3) is 0 Å². The molecule has 0 saturated heterocycles. The van der Waals surface area contributed by atoms with E-state index in [2.05, 4.69) is 5.32 Å². The highest BCUT2D eigenvalue weighted by molar-refractivity contribution is 6.32. The van der Waals surface area contributed by atoms with Crippen LogP contribution in [0.1, 0.15) is 21.5 Å². The molecule has 8 heteroatoms. The molecule has 0 atom stereocenters. The largest absolute Gasteiger partial charge is 0.497 e. The maximum Gasteiger partial charge on any atom is 0.203 e. The van der Waals surface area contributed by atoms with Crippen molar-refractivity contribution in [2.75, 3.05) is 40.9 Å². The van der Waals surface area contributed by atoms with Gasteiger partial charge in [-0.05, 0) is 41.5 Å². The SMILES string of the molecule is COc1cccc(C(=O)C=CNc2cc(OC)c(Cl)cc2C=Cc2cc(OC)c(OC)c(OC)c2)c1. The summed E-state index contributed by atoms with van der Waals surface area (Å²) in [5.74, 6) is 2.54. The normalized spacial score (nSPS) is 10.9. The third-order valence-electron chi connectivity index (χ3n) is 5.29. The number of allylic oxidation sites excluding steroid dienone is 1. The average Bonchev–Trinajstić information content (AvgIpc) is 2.91. The van der Waals surface area contributed by atoms with Gasteiger partial charge in [-0.3, -0.25) is 4.79 Å². The summed E-state index contributed by atoms with van der Waals surface area (Å²) >= 11 is 6.38. The van der Waals surface area contributed by atoms with Crippen LogP contribution in [-0.4, -0.2) is 41.3 Å². The first-order valence-corrected chi connectivity index (χ1v) is 11.3. The van der Waals surface area contributed by atoms with Crippen LogP contribution in [0.2, 0.25) is 5.02 Å². The highest BCUT2D eigenvalue weighted by atomic mass is 35.5. The van der Waals surface area contributed by atoms with Gasteiger partial charge in [0, 0.05) is 29.6 Å². The van der Waals surface area contributed by atoms with E-state index >= 15 is 0 Å². The molecule has 0 heterocycles. The van der Waals surface area contributed by atoms with Crippen LogP contribution in [0, 0.1) is 0 Å². The molecule has 3 rings (SSSR count). The molecule has 0 fully saturated rings. The van der Waals surface area contributed by atoms with E-state index < -0.39 is 0 Å². The second-order valence-corrected chi connectivity index (χ2v) is 7.85. The van der Waals surface area contributed by atoms with Gasteiger partial charge in [-0.1, -0.05) is 35.9 Å². The zero-order valence-corrected chi connectivity index (χ0v) is 21.5. The van der Waals surface area contributed by atoms with E-state index in [1.165, 1.54) is 6.08 Å². The summed E-state index contributed by atoms with van der Waals surface area (Å²) < 4.78 is 26.8. The smallest absolute Gasteiger partial charge is 0.203 e. The number of carbonyl (C=O) groups is 1. The maximum atomic E-state index is 12.6. The number of ketones is 1. The minimum absolute atomic E-state index is 0.170. The Morgan fingerprint density at radius 3 is 2.11 bits per heavy atom. The lowest BCUT2D eigenvalue weighted by Crippen LogP contribution is -1.98. The Bertz CT molecular complexity index is 1260. The van der Waals surface area contributed by atoms with Crippen LogP contribution < -0.4 is 29.0 Å². The van der Waals surface area contributed by atoms with Gasteiger partial charge in [0.05, 0.1) is 40.6 Å². The van der Waals surface area contributed by atoms with E-state index in [1.807, 2.05) is 24.3 Å². The number of methoxy groups -OCH3 is 5. The van der Waals surface area contributed by atoms with E-state index in [0.717, 1.165) is 11.1 Å². The van der Waals surface area contributed by atoms with Gasteiger partial charge in [-0.25, -0.2) is 0 Å². The number of hydrogen-bond donors (Lipinski definition) is 1. The van der Waals surface area contributed by atoms with Crippen molar-refractivity contribution in [2.45, 2.75) is 0 Å². The van der Waals surface area contributed by atoms with Gasteiger partial charge in [0.1, 0.15) is 11.5 Å². The Kier molecular flexibility index (Phi) is 9.25. The van der Waals surface area contributed by atoms with E-state index in [4.69, 9.17) is 35.3 Å². The summed E-state index contributed by atoms with van der Waals surface area (Å²) in [6, 6.07) is 14.2. The number of carbonyl (C=O) groups excluding carboxylic acids is 1. The molecule has 0 aliphatic carbocycles. The molecular weight excluding hydrogens is 482 g/mol. The van der Waals surface area contributed by atoms with Gasteiger partial charge in [-0.2, -0.15) is 0 Å². The van der Waals surface area contributed by atoms with Crippen molar-refractivity contribution in [1.82, 2.24) is 0 Å². The number of anilines is 1. The van der Waals surface area contributed by atoms with Crippen LogP contribution in [0.15, 0.2) is 60.8 Å². The molecule has 0 radical (unpaired) electrons. The van der Waals surface area contributed by atoms with E-state index in [9.17, 15) is 4.79 Å². The number of benzene rings is 3. The summed E-state index contributed by atoms with van der Waals surface area (Å²) in [6.45, 7) is 0. The lowest BCUT2D eigenvalue weighted by Gasteiger charge is -2.13. The number of nitrogens with one attached hydrogen (secondary N) is 1. The Morgan fingerprint density at radius 2 is 1.50 bits per heavy atom. The van der Waals surface area contributed by atoms with Gasteiger partial charge < -0.3 is 29.0 Å². The van der Waals surface area contributed by atoms with Crippen molar-refractivity contribution in [3.63, 3.8) is 0 Å². The summed E-state index contributed by atoms with van der Waals surface area (Å²) in [4.78, 5) is 12.6. The number of rotatable bonds is 11. The van der Waals surface area contributed by atoms with Gasteiger partial charge in [-0.15, -0.1) is 0 Å². The van der Waals surface area contributed by atoms with Crippen LogP contribution in [-0.2, 0) is 0 Å². The molecule has 3 aromatic carbocycles. The Morgan fingerprint density at radius 1 is 0.806 bits per heavy atom. The third kappa shape index (κ3) is 6.31. The van der Waals surface area contributed by atoms with Gasteiger partial charge in [0.2, 0.25) is 5.75 Å². The van der Waals surface area contributed by atoms with Crippen molar-refractivity contribution in [1.29, 1.82) is 0 Å². The fourth-order valence-corrected chi connectivity index (χ4v) is 3.70. The molecule has 0 aromatic heterocycles. The highest BCUT2D eigenvalue weighted by Crippen LogP contribution is 2.39. The minimum Gasteiger partial charge on any atom is -0.497 e. The van der Waals surface area contributed by atoms with Crippen molar-refractivity contribution < 1.29 is 28.5 Å². The lowest BCUT2D eigenvalue weighted by molar-refractivity contribution is 0.104. The van der Waals surface area contributed by atoms with Crippen LogP contribution in [0.3, 0.4) is 0 Å². The Labute approximate surface area is 215 Å². The molecule has 0 saturated carbocycles. The molecule has 0 aliphatic rings. The fourth-order valence-electron chi connectivity index (χ4n) is 3.45. The second kappa shape index (κ2) is 12.6. The maximum absolute atomic E-state index is 12.6. The summed E-state index contributed by atoms with van der Waals surface area (Å²) in [7, 11) is 7.78. The summed E-state index contributed by atoms with van der Waals surface area (Å²) in [5.41, 5.74) is 2.80. The van der Waals surface area contributed by atoms with Gasteiger partial charge in [0.15, 0.2) is 17.3 Å². The zero-order valence-electron chi connectivity index (χ0n) is 20.8. The van der Waals surface area contributed by atoms with Crippen molar-refractivity contribution in [3.05, 3.63) is 82.5 Å². The van der Waals surface area contributed by atoms with Crippen LogP contribution in [0.5, 0.6) is 28.7 Å². The minimum atomic E-state index is -0.170. The Balaban J connectivity index is 1.90. The highest BCUT2D eigenvalue weighted by Gasteiger charge is 2.13. The quantitative estimate of drug-likeness (QED) is 0.183. The Hall–Kier alpha value is -4.10. The molecule has 1 N–H and O–H groups in total. The molecule has 7 nitrogen and oxygen atoms in total. The van der Waals surface area contributed by atoms with Crippen molar-refractivity contribution >= 4 is 35.2 Å². The molecule has 3 aromatic rings. The number of halogens is 1. The molecule has 0 unspecified atom stereocenters. The fraction of sp³-hybridized carbons (Fsp3) is 0.179. The lowest BCUT2D eigenvalue weighted by atomic mass is 10.1. The van der Waals surface area contributed by atoms with E-state index in [0.29, 0.717) is 45.0 Å². The molecule has 0 bridgehead atoms. The molecule has 188 valence electrons. The van der Waals surface area contributed by atoms with Crippen LogP contribution in [0.25, 0.3) is 12.2 Å². The molecule has 0 amide bonds. The molecular formula is C28H28ClNO6.